The molecule has 0 fully saturated rings. The lowest BCUT2D eigenvalue weighted by Gasteiger charge is -2.13. The molecule has 0 atom stereocenters. The number of amides is 1. The van der Waals surface area contributed by atoms with E-state index >= 15 is 0 Å². The SMILES string of the molecule is CCc1cccc(C)c1NC(=O)c1cnc2scc(-c3ccccc3Cl)n2c1=O. The molecule has 4 rings (SSSR count). The number of aryl methyl sites for hydroxylation is 2. The fourth-order valence-corrected chi connectivity index (χ4v) is 4.37. The fourth-order valence-electron chi connectivity index (χ4n) is 3.29. The van der Waals surface area contributed by atoms with Gasteiger partial charge in [0.25, 0.3) is 11.5 Å². The van der Waals surface area contributed by atoms with Crippen molar-refractivity contribution >= 4 is 39.5 Å². The summed E-state index contributed by atoms with van der Waals surface area (Å²) >= 11 is 7.64. The van der Waals surface area contributed by atoms with E-state index in [1.807, 2.05) is 55.6 Å². The Balaban J connectivity index is 1.81. The summed E-state index contributed by atoms with van der Waals surface area (Å²) < 4.78 is 1.44. The van der Waals surface area contributed by atoms with Gasteiger partial charge in [0.1, 0.15) is 5.56 Å². The lowest BCUT2D eigenvalue weighted by atomic mass is 10.1. The van der Waals surface area contributed by atoms with Crippen molar-refractivity contribution in [3.63, 3.8) is 0 Å². The highest BCUT2D eigenvalue weighted by Crippen LogP contribution is 2.30. The van der Waals surface area contributed by atoms with Gasteiger partial charge in [0.2, 0.25) is 0 Å². The number of nitrogens with zero attached hydrogens (tertiary/aromatic N) is 2. The minimum absolute atomic E-state index is 0.0143. The van der Waals surface area contributed by atoms with Gasteiger partial charge in [-0.15, -0.1) is 11.3 Å². The molecule has 146 valence electrons. The Hall–Kier alpha value is -2.96. The summed E-state index contributed by atoms with van der Waals surface area (Å²) in [6.07, 6.45) is 2.11. The minimum Gasteiger partial charge on any atom is -0.321 e. The Morgan fingerprint density at radius 2 is 2.00 bits per heavy atom. The third-order valence-electron chi connectivity index (χ3n) is 4.82. The van der Waals surface area contributed by atoms with Crippen LogP contribution in [0.2, 0.25) is 5.02 Å². The maximum atomic E-state index is 13.2. The van der Waals surface area contributed by atoms with Gasteiger partial charge < -0.3 is 5.32 Å². The van der Waals surface area contributed by atoms with Gasteiger partial charge in [-0.1, -0.05) is 54.9 Å². The number of para-hydroxylation sites is 1. The second kappa shape index (κ2) is 7.81. The van der Waals surface area contributed by atoms with Crippen molar-refractivity contribution in [1.82, 2.24) is 9.38 Å². The van der Waals surface area contributed by atoms with Crippen LogP contribution in [0.3, 0.4) is 0 Å². The number of carbonyl (C=O) groups is 1. The Morgan fingerprint density at radius 1 is 1.21 bits per heavy atom. The van der Waals surface area contributed by atoms with Crippen LogP contribution in [0.15, 0.2) is 58.8 Å². The second-order valence-electron chi connectivity index (χ2n) is 6.61. The van der Waals surface area contributed by atoms with Gasteiger partial charge in [-0.05, 0) is 30.5 Å². The molecule has 2 aromatic carbocycles. The van der Waals surface area contributed by atoms with Crippen molar-refractivity contribution in [3.05, 3.63) is 86.1 Å². The zero-order chi connectivity index (χ0) is 20.5. The van der Waals surface area contributed by atoms with E-state index in [2.05, 4.69) is 10.3 Å². The minimum atomic E-state index is -0.475. The van der Waals surface area contributed by atoms with Gasteiger partial charge in [-0.25, -0.2) is 4.98 Å². The molecule has 2 heterocycles. The molecule has 1 N–H and O–H groups in total. The Labute approximate surface area is 176 Å². The zero-order valence-electron chi connectivity index (χ0n) is 15.9. The van der Waals surface area contributed by atoms with E-state index in [0.717, 1.165) is 23.2 Å². The van der Waals surface area contributed by atoms with Gasteiger partial charge in [0.05, 0.1) is 5.69 Å². The van der Waals surface area contributed by atoms with E-state index in [1.165, 1.54) is 21.9 Å². The van der Waals surface area contributed by atoms with Crippen molar-refractivity contribution in [1.29, 1.82) is 0 Å². The summed E-state index contributed by atoms with van der Waals surface area (Å²) in [5.74, 6) is -0.475. The summed E-state index contributed by atoms with van der Waals surface area (Å²) in [6.45, 7) is 3.95. The first kappa shape index (κ1) is 19.4. The Bertz CT molecular complexity index is 1290. The predicted molar refractivity (Wildman–Crippen MR) is 118 cm³/mol. The number of rotatable bonds is 4. The molecule has 1 amide bonds. The molecule has 7 heteroatoms. The molecule has 0 unspecified atom stereocenters. The second-order valence-corrected chi connectivity index (χ2v) is 7.86. The normalized spacial score (nSPS) is 11.0. The number of fused-ring (bicyclic) bond motifs is 1. The Morgan fingerprint density at radius 3 is 2.76 bits per heavy atom. The molecule has 4 aromatic rings. The highest BCUT2D eigenvalue weighted by molar-refractivity contribution is 7.15. The third-order valence-corrected chi connectivity index (χ3v) is 5.99. The van der Waals surface area contributed by atoms with Crippen LogP contribution in [0.1, 0.15) is 28.4 Å². The van der Waals surface area contributed by atoms with Crippen LogP contribution in [0.5, 0.6) is 0 Å². The number of anilines is 1. The molecular weight excluding hydrogens is 406 g/mol. The molecule has 0 spiro atoms. The van der Waals surface area contributed by atoms with Gasteiger partial charge in [-0.2, -0.15) is 0 Å². The summed E-state index contributed by atoms with van der Waals surface area (Å²) in [6, 6.07) is 13.1. The van der Waals surface area contributed by atoms with Crippen molar-refractivity contribution in [3.8, 4) is 11.3 Å². The molecule has 2 aromatic heterocycles. The fraction of sp³-hybridized carbons (Fsp3) is 0.136. The van der Waals surface area contributed by atoms with Crippen LogP contribution in [-0.2, 0) is 6.42 Å². The quantitative estimate of drug-likeness (QED) is 0.490. The maximum absolute atomic E-state index is 13.2. The number of halogens is 1. The first-order valence-electron chi connectivity index (χ1n) is 9.15. The lowest BCUT2D eigenvalue weighted by molar-refractivity contribution is 0.102. The van der Waals surface area contributed by atoms with E-state index < -0.39 is 11.5 Å². The van der Waals surface area contributed by atoms with E-state index in [9.17, 15) is 9.59 Å². The summed E-state index contributed by atoms with van der Waals surface area (Å²) in [7, 11) is 0. The number of benzene rings is 2. The number of thiazole rings is 1. The van der Waals surface area contributed by atoms with Gasteiger partial charge >= 0.3 is 0 Å². The molecule has 5 nitrogen and oxygen atoms in total. The molecule has 0 radical (unpaired) electrons. The van der Waals surface area contributed by atoms with Crippen molar-refractivity contribution in [2.45, 2.75) is 20.3 Å². The predicted octanol–water partition coefficient (Wildman–Crippen LogP) is 5.20. The molecule has 0 aliphatic heterocycles. The number of hydrogen-bond donors (Lipinski definition) is 1. The van der Waals surface area contributed by atoms with E-state index in [4.69, 9.17) is 11.6 Å². The summed E-state index contributed by atoms with van der Waals surface area (Å²) in [5, 5.41) is 5.25. The van der Waals surface area contributed by atoms with Gasteiger partial charge in [0, 0.05) is 27.9 Å². The number of hydrogen-bond acceptors (Lipinski definition) is 4. The largest absolute Gasteiger partial charge is 0.321 e. The Kier molecular flexibility index (Phi) is 5.22. The topological polar surface area (TPSA) is 63.5 Å². The summed E-state index contributed by atoms with van der Waals surface area (Å²) in [4.78, 5) is 31.0. The van der Waals surface area contributed by atoms with Gasteiger partial charge in [0.15, 0.2) is 4.96 Å². The van der Waals surface area contributed by atoms with Crippen LogP contribution in [0.25, 0.3) is 16.2 Å². The lowest BCUT2D eigenvalue weighted by Crippen LogP contribution is -2.27. The van der Waals surface area contributed by atoms with Crippen molar-refractivity contribution in [2.75, 3.05) is 5.32 Å². The monoisotopic (exact) mass is 423 g/mol. The number of carbonyl (C=O) groups excluding carboxylic acids is 1. The van der Waals surface area contributed by atoms with E-state index in [1.54, 1.807) is 6.07 Å². The average molecular weight is 424 g/mol. The number of aromatic nitrogens is 2. The molecule has 0 aliphatic carbocycles. The van der Waals surface area contributed by atoms with Crippen LogP contribution in [0.4, 0.5) is 5.69 Å². The van der Waals surface area contributed by atoms with Crippen molar-refractivity contribution in [2.24, 2.45) is 0 Å². The van der Waals surface area contributed by atoms with Crippen LogP contribution >= 0.6 is 22.9 Å². The molecule has 29 heavy (non-hydrogen) atoms. The van der Waals surface area contributed by atoms with Gasteiger partial charge in [-0.3, -0.25) is 14.0 Å². The molecular formula is C22H18ClN3O2S. The van der Waals surface area contributed by atoms with E-state index in [-0.39, 0.29) is 5.56 Å². The number of nitrogens with one attached hydrogen (secondary N) is 1. The summed E-state index contributed by atoms with van der Waals surface area (Å²) in [5.41, 5.74) is 3.59. The third kappa shape index (κ3) is 3.45. The molecule has 0 aliphatic rings. The van der Waals surface area contributed by atoms with Crippen LogP contribution in [-0.4, -0.2) is 15.3 Å². The first-order valence-corrected chi connectivity index (χ1v) is 10.4. The standard InChI is InChI=1S/C22H18ClN3O2S/c1-3-14-8-6-7-13(2)19(14)25-20(27)16-11-24-22-26(21(16)28)18(12-29-22)15-9-4-5-10-17(15)23/h4-12H,3H2,1-2H3,(H,25,27). The van der Waals surface area contributed by atoms with E-state index in [0.29, 0.717) is 21.2 Å². The van der Waals surface area contributed by atoms with Crippen LogP contribution < -0.4 is 10.9 Å². The first-order chi connectivity index (χ1) is 14.0. The van der Waals surface area contributed by atoms with Crippen LogP contribution in [0, 0.1) is 6.92 Å². The smallest absolute Gasteiger partial charge is 0.271 e. The van der Waals surface area contributed by atoms with Crippen molar-refractivity contribution < 1.29 is 4.79 Å². The highest BCUT2D eigenvalue weighted by Gasteiger charge is 2.19. The maximum Gasteiger partial charge on any atom is 0.271 e. The molecule has 0 saturated heterocycles. The molecule has 0 bridgehead atoms. The average Bonchev–Trinajstić information content (AvgIpc) is 3.15. The molecule has 0 saturated carbocycles. The zero-order valence-corrected chi connectivity index (χ0v) is 17.5. The highest BCUT2D eigenvalue weighted by atomic mass is 35.5.